The lowest BCUT2D eigenvalue weighted by atomic mass is 10.2. The fourth-order valence-electron chi connectivity index (χ4n) is 1.72. The predicted molar refractivity (Wildman–Crippen MR) is 88.0 cm³/mol. The number of methoxy groups -OCH3 is 2. The number of halogens is 1. The van der Waals surface area contributed by atoms with Gasteiger partial charge in [0, 0.05) is 0 Å². The van der Waals surface area contributed by atoms with Gasteiger partial charge in [0.05, 0.1) is 19.8 Å². The van der Waals surface area contributed by atoms with Crippen LogP contribution in [0.1, 0.15) is 10.4 Å². The molecule has 1 aromatic carbocycles. The number of ether oxygens (including phenoxy) is 2. The molecule has 0 bridgehead atoms. The van der Waals surface area contributed by atoms with Crippen molar-refractivity contribution in [2.45, 2.75) is 0 Å². The molecule has 0 saturated carbocycles. The molecule has 0 unspecified atom stereocenters. The maximum Gasteiger partial charge on any atom is 0.413 e. The first kappa shape index (κ1) is 19.8. The highest BCUT2D eigenvalue weighted by Gasteiger charge is 2.23. The van der Waals surface area contributed by atoms with Crippen molar-refractivity contribution in [3.8, 4) is 11.8 Å². The highest BCUT2D eigenvalue weighted by molar-refractivity contribution is 7.85. The Labute approximate surface area is 152 Å². The number of hydrogen-bond acceptors (Lipinski definition) is 9. The van der Waals surface area contributed by atoms with Gasteiger partial charge in [0.1, 0.15) is 0 Å². The third-order valence-electron chi connectivity index (χ3n) is 2.82. The van der Waals surface area contributed by atoms with Gasteiger partial charge in [0.25, 0.3) is 11.8 Å². The largest absolute Gasteiger partial charge is 0.479 e. The molecular weight excluding hydrogens is 387 g/mol. The van der Waals surface area contributed by atoms with Gasteiger partial charge in [0.15, 0.2) is 0 Å². The van der Waals surface area contributed by atoms with Crippen LogP contribution in [0.5, 0.6) is 11.8 Å². The van der Waals surface area contributed by atoms with Crippen LogP contribution >= 0.6 is 0 Å². The maximum absolute atomic E-state index is 13.7. The molecular formula is C14H13FN4O7S. The predicted octanol–water partition coefficient (Wildman–Crippen LogP) is 0.856. The average molecular weight is 400 g/mol. The quantitative estimate of drug-likeness (QED) is 0.720. The smallest absolute Gasteiger partial charge is 0.413 e. The third-order valence-corrected chi connectivity index (χ3v) is 3.62. The molecule has 2 aromatic rings. The van der Waals surface area contributed by atoms with Crippen LogP contribution in [-0.4, -0.2) is 44.6 Å². The van der Waals surface area contributed by atoms with Crippen molar-refractivity contribution in [1.29, 1.82) is 0 Å². The lowest BCUT2D eigenvalue weighted by Crippen LogP contribution is -2.37. The number of carbonyl (C=O) groups excluding carboxylic acids is 2. The summed E-state index contributed by atoms with van der Waals surface area (Å²) in [6, 6.07) is 5.88. The summed E-state index contributed by atoms with van der Waals surface area (Å²) in [6.07, 6.45) is 0. The monoisotopic (exact) mass is 400 g/mol. The van der Waals surface area contributed by atoms with E-state index in [1.807, 2.05) is 5.32 Å². The van der Waals surface area contributed by atoms with Crippen LogP contribution in [0.15, 0.2) is 30.3 Å². The van der Waals surface area contributed by atoms with E-state index in [1.165, 1.54) is 29.0 Å². The first-order valence-electron chi connectivity index (χ1n) is 7.04. The van der Waals surface area contributed by atoms with E-state index in [-0.39, 0.29) is 5.56 Å². The second-order valence-corrected chi connectivity index (χ2v) is 5.91. The van der Waals surface area contributed by atoms with Crippen LogP contribution < -0.4 is 19.5 Å². The molecule has 0 atom stereocenters. The molecule has 0 aliphatic carbocycles. The second-order valence-electron chi connectivity index (χ2n) is 4.63. The van der Waals surface area contributed by atoms with Gasteiger partial charge in [-0.15, -0.1) is 0 Å². The molecule has 0 saturated heterocycles. The molecule has 2 amide bonds. The third kappa shape index (κ3) is 5.24. The lowest BCUT2D eigenvalue weighted by Gasteiger charge is -2.10. The van der Waals surface area contributed by atoms with Crippen molar-refractivity contribution in [3.05, 3.63) is 41.7 Å². The zero-order valence-corrected chi connectivity index (χ0v) is 14.7. The Hall–Kier alpha value is -3.48. The molecule has 0 aliphatic rings. The van der Waals surface area contributed by atoms with Crippen LogP contribution in [0.3, 0.4) is 0 Å². The van der Waals surface area contributed by atoms with Crippen molar-refractivity contribution >= 4 is 28.3 Å². The van der Waals surface area contributed by atoms with Crippen LogP contribution in [-0.2, 0) is 14.5 Å². The molecule has 144 valence electrons. The van der Waals surface area contributed by atoms with Crippen LogP contribution in [0.2, 0.25) is 0 Å². The Bertz CT molecular complexity index is 928. The van der Waals surface area contributed by atoms with E-state index in [0.717, 1.165) is 14.2 Å². The fraction of sp³-hybridized carbons (Fsp3) is 0.143. The van der Waals surface area contributed by atoms with Gasteiger partial charge in [-0.25, -0.2) is 14.3 Å². The van der Waals surface area contributed by atoms with Crippen LogP contribution in [0.25, 0.3) is 0 Å². The molecule has 1 aromatic heterocycles. The fourth-order valence-corrected chi connectivity index (χ4v) is 2.33. The number of nitrogens with zero attached hydrogens (tertiary/aromatic N) is 2. The lowest BCUT2D eigenvalue weighted by molar-refractivity contribution is 0.0745. The van der Waals surface area contributed by atoms with Crippen molar-refractivity contribution in [3.63, 3.8) is 0 Å². The van der Waals surface area contributed by atoms with Gasteiger partial charge in [-0.3, -0.25) is 5.32 Å². The summed E-state index contributed by atoms with van der Waals surface area (Å²) in [6.45, 7) is 0. The number of amides is 2. The van der Waals surface area contributed by atoms with Gasteiger partial charge in [0.2, 0.25) is 11.8 Å². The number of nitrogens with one attached hydrogen (secondary N) is 2. The maximum atomic E-state index is 13.7. The minimum Gasteiger partial charge on any atom is -0.479 e. The zero-order chi connectivity index (χ0) is 20.0. The first-order chi connectivity index (χ1) is 12.8. The normalized spacial score (nSPS) is 10.6. The summed E-state index contributed by atoms with van der Waals surface area (Å²) in [7, 11) is -2.56. The van der Waals surface area contributed by atoms with Gasteiger partial charge in [-0.05, 0) is 12.1 Å². The van der Waals surface area contributed by atoms with E-state index < -0.39 is 45.8 Å². The van der Waals surface area contributed by atoms with E-state index >= 15 is 0 Å². The standard InChI is InChI=1S/C14H13FN4O7S/c1-24-10-9(15)11(25-2)17-13(16-10)18-14(21)19-27(22,23)26-12(20)8-6-4-3-5-7-8/h3-7H,1-2H3,(H2,16,17,18,19,21). The molecule has 0 spiro atoms. The average Bonchev–Trinajstić information content (AvgIpc) is 2.62. The second kappa shape index (κ2) is 8.27. The molecule has 13 heteroatoms. The molecule has 0 radical (unpaired) electrons. The van der Waals surface area contributed by atoms with Crippen LogP contribution in [0.4, 0.5) is 15.1 Å². The summed E-state index contributed by atoms with van der Waals surface area (Å²) in [5.41, 5.74) is -0.0420. The highest BCUT2D eigenvalue weighted by Crippen LogP contribution is 2.23. The Kier molecular flexibility index (Phi) is 6.07. The van der Waals surface area contributed by atoms with Gasteiger partial charge in [-0.2, -0.15) is 22.8 Å². The number of rotatable bonds is 6. The summed E-state index contributed by atoms with van der Waals surface area (Å²) >= 11 is 0. The van der Waals surface area contributed by atoms with E-state index in [4.69, 9.17) is 0 Å². The van der Waals surface area contributed by atoms with Crippen LogP contribution in [0, 0.1) is 5.82 Å². The Morgan fingerprint density at radius 3 is 2.11 bits per heavy atom. The number of urea groups is 1. The Morgan fingerprint density at radius 1 is 1.04 bits per heavy atom. The number of anilines is 1. The highest BCUT2D eigenvalue weighted by atomic mass is 32.2. The zero-order valence-electron chi connectivity index (χ0n) is 13.9. The number of aromatic nitrogens is 2. The topological polar surface area (TPSA) is 146 Å². The van der Waals surface area contributed by atoms with Crippen molar-refractivity contribution in [2.75, 3.05) is 19.5 Å². The van der Waals surface area contributed by atoms with E-state index in [2.05, 4.69) is 23.6 Å². The van der Waals surface area contributed by atoms with Gasteiger partial charge < -0.3 is 13.7 Å². The number of carbonyl (C=O) groups is 2. The summed E-state index contributed by atoms with van der Waals surface area (Å²) in [4.78, 5) is 30.5. The van der Waals surface area contributed by atoms with Gasteiger partial charge >= 0.3 is 22.3 Å². The van der Waals surface area contributed by atoms with E-state index in [9.17, 15) is 22.4 Å². The molecule has 1 heterocycles. The molecule has 11 nitrogen and oxygen atoms in total. The molecule has 27 heavy (non-hydrogen) atoms. The van der Waals surface area contributed by atoms with Gasteiger partial charge in [-0.1, -0.05) is 18.2 Å². The van der Waals surface area contributed by atoms with E-state index in [1.54, 1.807) is 6.07 Å². The summed E-state index contributed by atoms with van der Waals surface area (Å²) < 4.78 is 52.2. The Balaban J connectivity index is 2.07. The van der Waals surface area contributed by atoms with Crippen molar-refractivity contribution in [2.24, 2.45) is 0 Å². The minimum absolute atomic E-state index is 0.0420. The van der Waals surface area contributed by atoms with Crippen molar-refractivity contribution in [1.82, 2.24) is 14.7 Å². The molecule has 2 rings (SSSR count). The van der Waals surface area contributed by atoms with Crippen molar-refractivity contribution < 1.29 is 36.1 Å². The Morgan fingerprint density at radius 2 is 1.59 bits per heavy atom. The molecule has 2 N–H and O–H groups in total. The SMILES string of the molecule is COc1nc(NC(=O)NS(=O)(=O)OC(=O)c2ccccc2)nc(OC)c1F. The molecule has 0 fully saturated rings. The first-order valence-corrected chi connectivity index (χ1v) is 8.44. The van der Waals surface area contributed by atoms with E-state index in [0.29, 0.717) is 0 Å². The number of benzene rings is 1. The summed E-state index contributed by atoms with van der Waals surface area (Å²) in [5.74, 6) is -3.83. The molecule has 0 aliphatic heterocycles. The minimum atomic E-state index is -4.79. The summed E-state index contributed by atoms with van der Waals surface area (Å²) in [5, 5.41) is 1.92. The number of hydrogen-bond donors (Lipinski definition) is 2.